The van der Waals surface area contributed by atoms with E-state index in [1.54, 1.807) is 12.3 Å². The molecule has 0 unspecified atom stereocenters. The number of hydrogen-bond donors (Lipinski definition) is 0. The summed E-state index contributed by atoms with van der Waals surface area (Å²) in [5.41, 5.74) is 2.68. The number of pyridine rings is 2. The molecule has 0 saturated heterocycles. The van der Waals surface area contributed by atoms with Crippen LogP contribution in [0.1, 0.15) is 5.56 Å². The number of halogens is 1. The quantitative estimate of drug-likeness (QED) is 0.499. The molecule has 0 aromatic carbocycles. The number of hydrogen-bond acceptors (Lipinski definition) is 4. The molecule has 0 atom stereocenters. The maximum absolute atomic E-state index is 11.1. The van der Waals surface area contributed by atoms with Gasteiger partial charge in [0.2, 0.25) is 11.6 Å². The molecule has 3 aromatic rings. The van der Waals surface area contributed by atoms with E-state index in [1.165, 1.54) is 12.4 Å². The number of oxazole rings is 1. The Balaban J connectivity index is 2.19. The summed E-state index contributed by atoms with van der Waals surface area (Å²) in [7, 11) is 0. The lowest BCUT2D eigenvalue weighted by Gasteiger charge is -1.98. The average molecular weight is 262 g/mol. The summed E-state index contributed by atoms with van der Waals surface area (Å²) in [6, 6.07) is 3.44. The number of fused-ring (bicyclic) bond motifs is 1. The van der Waals surface area contributed by atoms with Gasteiger partial charge >= 0.3 is 0 Å². The number of nitrogens with zero attached hydrogens (tertiary/aromatic N) is 3. The van der Waals surface area contributed by atoms with Crippen molar-refractivity contribution >= 4 is 22.8 Å². The van der Waals surface area contributed by atoms with E-state index in [2.05, 4.69) is 9.97 Å². The maximum Gasteiger partial charge on any atom is 0.247 e. The molecule has 0 fully saturated rings. The highest BCUT2D eigenvalue weighted by Gasteiger charge is 2.14. The van der Waals surface area contributed by atoms with Gasteiger partial charge in [0.15, 0.2) is 12.4 Å². The molecule has 0 saturated carbocycles. The fraction of sp³-hybridized carbons (Fsp3) is 0.0833. The largest absolute Gasteiger partial charge is 0.619 e. The van der Waals surface area contributed by atoms with Crippen LogP contribution >= 0.6 is 11.6 Å². The third kappa shape index (κ3) is 1.78. The SMILES string of the molecule is Cc1cnc2oc(-c3cc[n+]([O-])cc3Cl)nc2c1. The highest BCUT2D eigenvalue weighted by Crippen LogP contribution is 2.28. The monoisotopic (exact) mass is 261 g/mol. The van der Waals surface area contributed by atoms with E-state index in [0.29, 0.717) is 27.4 Å². The zero-order valence-corrected chi connectivity index (χ0v) is 10.2. The molecule has 0 radical (unpaired) electrons. The standard InChI is InChI=1S/C12H8ClN3O2/c1-7-4-10-12(14-5-7)18-11(15-10)8-2-3-16(17)6-9(8)13/h2-6H,1H3. The Labute approximate surface area is 107 Å². The molecule has 18 heavy (non-hydrogen) atoms. The minimum absolute atomic E-state index is 0.288. The molecule has 3 rings (SSSR count). The van der Waals surface area contributed by atoms with Crippen molar-refractivity contribution in [3.8, 4) is 11.5 Å². The lowest BCUT2D eigenvalue weighted by atomic mass is 10.3. The van der Waals surface area contributed by atoms with Crippen molar-refractivity contribution in [3.63, 3.8) is 0 Å². The summed E-state index contributed by atoms with van der Waals surface area (Å²) in [4.78, 5) is 8.44. The zero-order chi connectivity index (χ0) is 12.7. The van der Waals surface area contributed by atoms with E-state index < -0.39 is 0 Å². The van der Waals surface area contributed by atoms with Crippen molar-refractivity contribution < 1.29 is 9.15 Å². The van der Waals surface area contributed by atoms with Crippen LogP contribution in [0.2, 0.25) is 5.02 Å². The van der Waals surface area contributed by atoms with E-state index >= 15 is 0 Å². The van der Waals surface area contributed by atoms with Crippen molar-refractivity contribution in [1.82, 2.24) is 9.97 Å². The Morgan fingerprint density at radius 2 is 2.28 bits per heavy atom. The molecule has 0 spiro atoms. The Morgan fingerprint density at radius 3 is 3.06 bits per heavy atom. The number of aryl methyl sites for hydroxylation is 1. The zero-order valence-electron chi connectivity index (χ0n) is 9.42. The molecule has 3 heterocycles. The van der Waals surface area contributed by atoms with Gasteiger partial charge in [0, 0.05) is 12.3 Å². The Morgan fingerprint density at radius 1 is 1.44 bits per heavy atom. The molecule has 0 amide bonds. The van der Waals surface area contributed by atoms with Gasteiger partial charge in [-0.1, -0.05) is 11.6 Å². The lowest BCUT2D eigenvalue weighted by Crippen LogP contribution is -2.24. The fourth-order valence-electron chi connectivity index (χ4n) is 1.66. The van der Waals surface area contributed by atoms with Gasteiger partial charge in [-0.05, 0) is 18.6 Å². The first kappa shape index (κ1) is 11.0. The second-order valence-electron chi connectivity index (χ2n) is 3.92. The van der Waals surface area contributed by atoms with Crippen LogP contribution in [0, 0.1) is 12.1 Å². The topological polar surface area (TPSA) is 65.9 Å². The van der Waals surface area contributed by atoms with Crippen LogP contribution in [0.3, 0.4) is 0 Å². The molecule has 0 aliphatic carbocycles. The van der Waals surface area contributed by atoms with Gasteiger partial charge in [-0.3, -0.25) is 0 Å². The molecule has 0 aliphatic rings. The van der Waals surface area contributed by atoms with Crippen LogP contribution in [0.25, 0.3) is 22.7 Å². The second kappa shape index (κ2) is 3.96. The van der Waals surface area contributed by atoms with Gasteiger partial charge in [0.05, 0.1) is 5.56 Å². The van der Waals surface area contributed by atoms with E-state index in [0.717, 1.165) is 5.56 Å². The Hall–Kier alpha value is -2.14. The van der Waals surface area contributed by atoms with Crippen molar-refractivity contribution in [2.45, 2.75) is 6.92 Å². The summed E-state index contributed by atoms with van der Waals surface area (Å²) < 4.78 is 6.13. The molecule has 6 heteroatoms. The minimum atomic E-state index is 0.288. The molecular formula is C12H8ClN3O2. The number of aromatic nitrogens is 3. The van der Waals surface area contributed by atoms with Crippen LogP contribution in [-0.4, -0.2) is 9.97 Å². The van der Waals surface area contributed by atoms with Gasteiger partial charge in [0.25, 0.3) is 0 Å². The maximum atomic E-state index is 11.1. The molecule has 0 bridgehead atoms. The van der Waals surface area contributed by atoms with Gasteiger partial charge in [-0.15, -0.1) is 0 Å². The molecule has 3 aromatic heterocycles. The van der Waals surface area contributed by atoms with Crippen LogP contribution in [0.5, 0.6) is 0 Å². The van der Waals surface area contributed by atoms with Crippen molar-refractivity contribution in [2.75, 3.05) is 0 Å². The molecular weight excluding hydrogens is 254 g/mol. The summed E-state index contributed by atoms with van der Waals surface area (Å²) >= 11 is 5.98. The Bertz CT molecular complexity index is 739. The average Bonchev–Trinajstić information content (AvgIpc) is 2.71. The smallest absolute Gasteiger partial charge is 0.247 e. The van der Waals surface area contributed by atoms with Crippen LogP contribution in [0.15, 0.2) is 35.1 Å². The fourth-order valence-corrected chi connectivity index (χ4v) is 1.90. The summed E-state index contributed by atoms with van der Waals surface area (Å²) in [6.07, 6.45) is 4.30. The van der Waals surface area contributed by atoms with E-state index in [9.17, 15) is 5.21 Å². The summed E-state index contributed by atoms with van der Waals surface area (Å²) in [5, 5.41) is 11.3. The third-order valence-electron chi connectivity index (χ3n) is 2.50. The van der Waals surface area contributed by atoms with Gasteiger partial charge in [0.1, 0.15) is 10.5 Å². The Kier molecular flexibility index (Phi) is 2.41. The van der Waals surface area contributed by atoms with Crippen molar-refractivity contribution in [1.29, 1.82) is 0 Å². The van der Waals surface area contributed by atoms with E-state index in [4.69, 9.17) is 16.0 Å². The normalized spacial score (nSPS) is 11.0. The van der Waals surface area contributed by atoms with Crippen molar-refractivity contribution in [3.05, 3.63) is 46.5 Å². The first-order valence-corrected chi connectivity index (χ1v) is 5.63. The predicted molar refractivity (Wildman–Crippen MR) is 65.9 cm³/mol. The van der Waals surface area contributed by atoms with E-state index in [-0.39, 0.29) is 5.02 Å². The molecule has 0 aliphatic heterocycles. The first-order chi connectivity index (χ1) is 8.63. The highest BCUT2D eigenvalue weighted by molar-refractivity contribution is 6.32. The van der Waals surface area contributed by atoms with Crippen LogP contribution in [0.4, 0.5) is 0 Å². The first-order valence-electron chi connectivity index (χ1n) is 5.25. The van der Waals surface area contributed by atoms with Crippen LogP contribution < -0.4 is 4.73 Å². The minimum Gasteiger partial charge on any atom is -0.619 e. The molecule has 90 valence electrons. The van der Waals surface area contributed by atoms with Gasteiger partial charge < -0.3 is 9.62 Å². The summed E-state index contributed by atoms with van der Waals surface area (Å²) in [5.74, 6) is 0.355. The molecule has 5 nitrogen and oxygen atoms in total. The van der Waals surface area contributed by atoms with Gasteiger partial charge in [-0.25, -0.2) is 9.97 Å². The lowest BCUT2D eigenvalue weighted by molar-refractivity contribution is -0.605. The number of rotatable bonds is 1. The highest BCUT2D eigenvalue weighted by atomic mass is 35.5. The third-order valence-corrected chi connectivity index (χ3v) is 2.80. The van der Waals surface area contributed by atoms with Crippen LogP contribution in [-0.2, 0) is 0 Å². The van der Waals surface area contributed by atoms with Crippen molar-refractivity contribution in [2.24, 2.45) is 0 Å². The predicted octanol–water partition coefficient (Wildman–Crippen LogP) is 2.49. The van der Waals surface area contributed by atoms with Gasteiger partial charge in [-0.2, -0.15) is 4.73 Å². The molecule has 0 N–H and O–H groups in total. The second-order valence-corrected chi connectivity index (χ2v) is 4.33. The van der Waals surface area contributed by atoms with E-state index in [1.807, 2.05) is 13.0 Å². The summed E-state index contributed by atoms with van der Waals surface area (Å²) in [6.45, 7) is 1.93.